The summed E-state index contributed by atoms with van der Waals surface area (Å²) in [6.07, 6.45) is 3.01. The molecule has 3 N–H and O–H groups in total. The monoisotopic (exact) mass is 235 g/mol. The van der Waals surface area contributed by atoms with Crippen LogP contribution in [0, 0.1) is 0 Å². The van der Waals surface area contributed by atoms with Crippen LogP contribution in [0.1, 0.15) is 19.8 Å². The number of sulfonamides is 1. The van der Waals surface area contributed by atoms with E-state index in [4.69, 9.17) is 5.73 Å². The zero-order valence-electron chi connectivity index (χ0n) is 9.44. The number of nitrogens with two attached hydrogens (primary N) is 1. The summed E-state index contributed by atoms with van der Waals surface area (Å²) in [4.78, 5) is 0. The molecule has 0 aromatic carbocycles. The predicted octanol–water partition coefficient (Wildman–Crippen LogP) is -0.653. The molecule has 1 fully saturated rings. The highest BCUT2D eigenvalue weighted by molar-refractivity contribution is 7.88. The molecule has 0 saturated carbocycles. The van der Waals surface area contributed by atoms with Crippen molar-refractivity contribution in [3.05, 3.63) is 0 Å². The molecule has 1 rings (SSSR count). The van der Waals surface area contributed by atoms with Gasteiger partial charge in [-0.05, 0) is 19.8 Å². The average Bonchev–Trinajstić information content (AvgIpc) is 2.17. The first-order valence-corrected chi connectivity index (χ1v) is 7.19. The highest BCUT2D eigenvalue weighted by atomic mass is 32.2. The molecule has 1 aliphatic rings. The van der Waals surface area contributed by atoms with E-state index in [1.807, 2.05) is 6.92 Å². The van der Waals surface area contributed by atoms with Crippen molar-refractivity contribution in [3.8, 4) is 0 Å². The second kappa shape index (κ2) is 5.25. The van der Waals surface area contributed by atoms with E-state index in [1.54, 1.807) is 0 Å². The minimum Gasteiger partial charge on any atom is -0.329 e. The van der Waals surface area contributed by atoms with Crippen LogP contribution in [0.5, 0.6) is 0 Å². The van der Waals surface area contributed by atoms with Gasteiger partial charge in [-0.3, -0.25) is 0 Å². The lowest BCUT2D eigenvalue weighted by atomic mass is 10.1. The number of piperidine rings is 1. The van der Waals surface area contributed by atoms with Gasteiger partial charge < -0.3 is 11.1 Å². The zero-order valence-corrected chi connectivity index (χ0v) is 10.3. The van der Waals surface area contributed by atoms with Crippen LogP contribution in [-0.4, -0.2) is 50.7 Å². The van der Waals surface area contributed by atoms with Gasteiger partial charge in [0.1, 0.15) is 0 Å². The molecule has 0 amide bonds. The van der Waals surface area contributed by atoms with Crippen molar-refractivity contribution in [1.29, 1.82) is 0 Å². The lowest BCUT2D eigenvalue weighted by molar-refractivity contribution is 0.278. The van der Waals surface area contributed by atoms with Gasteiger partial charge in [0, 0.05) is 31.7 Å². The average molecular weight is 235 g/mol. The normalized spacial score (nSPS) is 22.9. The maximum atomic E-state index is 11.3. The summed E-state index contributed by atoms with van der Waals surface area (Å²) in [6, 6.07) is 0.710. The molecule has 0 aromatic heterocycles. The Morgan fingerprint density at radius 2 is 2.00 bits per heavy atom. The fraction of sp³-hybridized carbons (Fsp3) is 1.00. The molecule has 0 spiro atoms. The van der Waals surface area contributed by atoms with Crippen LogP contribution < -0.4 is 11.1 Å². The van der Waals surface area contributed by atoms with Crippen LogP contribution in [-0.2, 0) is 10.0 Å². The van der Waals surface area contributed by atoms with Crippen LogP contribution in [0.4, 0.5) is 0 Å². The minimum absolute atomic E-state index is 0.305. The summed E-state index contributed by atoms with van der Waals surface area (Å²) >= 11 is 0. The van der Waals surface area contributed by atoms with Crippen molar-refractivity contribution in [1.82, 2.24) is 9.62 Å². The summed E-state index contributed by atoms with van der Waals surface area (Å²) in [7, 11) is -3.00. The third-order valence-electron chi connectivity index (χ3n) is 2.80. The predicted molar refractivity (Wildman–Crippen MR) is 61.1 cm³/mol. The summed E-state index contributed by atoms with van der Waals surface area (Å²) in [5, 5.41) is 3.39. The molecule has 0 aromatic rings. The molecule has 15 heavy (non-hydrogen) atoms. The Hall–Kier alpha value is -0.170. The summed E-state index contributed by atoms with van der Waals surface area (Å²) < 4.78 is 24.1. The van der Waals surface area contributed by atoms with Gasteiger partial charge in [0.05, 0.1) is 6.26 Å². The fourth-order valence-corrected chi connectivity index (χ4v) is 2.70. The van der Waals surface area contributed by atoms with Gasteiger partial charge >= 0.3 is 0 Å². The molecular weight excluding hydrogens is 214 g/mol. The second-order valence-electron chi connectivity index (χ2n) is 4.24. The van der Waals surface area contributed by atoms with Gasteiger partial charge in [-0.25, -0.2) is 12.7 Å². The molecule has 0 aliphatic carbocycles. The van der Waals surface area contributed by atoms with E-state index >= 15 is 0 Å². The summed E-state index contributed by atoms with van der Waals surface area (Å²) in [6.45, 7) is 3.90. The Morgan fingerprint density at radius 1 is 1.47 bits per heavy atom. The Labute approximate surface area is 92.1 Å². The molecule has 1 saturated heterocycles. The summed E-state index contributed by atoms with van der Waals surface area (Å²) in [5.41, 5.74) is 5.52. The van der Waals surface area contributed by atoms with Crippen LogP contribution in [0.3, 0.4) is 0 Å². The molecule has 0 radical (unpaired) electrons. The molecule has 1 unspecified atom stereocenters. The lowest BCUT2D eigenvalue weighted by Gasteiger charge is -2.32. The number of hydrogen-bond donors (Lipinski definition) is 2. The second-order valence-corrected chi connectivity index (χ2v) is 6.22. The van der Waals surface area contributed by atoms with E-state index in [2.05, 4.69) is 5.32 Å². The minimum atomic E-state index is -3.00. The van der Waals surface area contributed by atoms with Gasteiger partial charge in [-0.2, -0.15) is 0 Å². The molecule has 1 heterocycles. The Kier molecular flexibility index (Phi) is 4.51. The van der Waals surface area contributed by atoms with Gasteiger partial charge in [-0.1, -0.05) is 0 Å². The third-order valence-corrected chi connectivity index (χ3v) is 4.10. The third kappa shape index (κ3) is 4.06. The van der Waals surface area contributed by atoms with E-state index in [9.17, 15) is 8.42 Å². The molecule has 5 nitrogen and oxygen atoms in total. The van der Waals surface area contributed by atoms with Crippen molar-refractivity contribution in [3.63, 3.8) is 0 Å². The topological polar surface area (TPSA) is 75.4 Å². The summed E-state index contributed by atoms with van der Waals surface area (Å²) in [5.74, 6) is 0. The largest absolute Gasteiger partial charge is 0.329 e. The number of hydrogen-bond acceptors (Lipinski definition) is 4. The molecule has 6 heteroatoms. The zero-order chi connectivity index (χ0) is 11.5. The highest BCUT2D eigenvalue weighted by Crippen LogP contribution is 2.13. The van der Waals surface area contributed by atoms with Crippen LogP contribution in [0.15, 0.2) is 0 Å². The Bertz CT molecular complexity index is 284. The smallest absolute Gasteiger partial charge is 0.211 e. The molecular formula is C9H21N3O2S. The first-order chi connectivity index (χ1) is 6.93. The van der Waals surface area contributed by atoms with Gasteiger partial charge in [0.15, 0.2) is 0 Å². The molecule has 1 aliphatic heterocycles. The molecule has 1 atom stereocenters. The number of nitrogens with one attached hydrogen (secondary N) is 1. The fourth-order valence-electron chi connectivity index (χ4n) is 1.82. The van der Waals surface area contributed by atoms with Crippen LogP contribution in [0.25, 0.3) is 0 Å². The first kappa shape index (κ1) is 12.9. The van der Waals surface area contributed by atoms with E-state index in [1.165, 1.54) is 10.6 Å². The van der Waals surface area contributed by atoms with Crippen LogP contribution >= 0.6 is 0 Å². The van der Waals surface area contributed by atoms with E-state index in [0.717, 1.165) is 12.8 Å². The Balaban J connectivity index is 2.36. The first-order valence-electron chi connectivity index (χ1n) is 5.34. The van der Waals surface area contributed by atoms with Gasteiger partial charge in [0.25, 0.3) is 0 Å². The SMILES string of the molecule is CC(CN)NC1CCN(S(C)(=O)=O)CC1. The van der Waals surface area contributed by atoms with Gasteiger partial charge in [-0.15, -0.1) is 0 Å². The quantitative estimate of drug-likeness (QED) is 0.679. The van der Waals surface area contributed by atoms with E-state index in [0.29, 0.717) is 31.7 Å². The van der Waals surface area contributed by atoms with E-state index < -0.39 is 10.0 Å². The van der Waals surface area contributed by atoms with Crippen LogP contribution in [0.2, 0.25) is 0 Å². The van der Waals surface area contributed by atoms with Gasteiger partial charge in [0.2, 0.25) is 10.0 Å². The van der Waals surface area contributed by atoms with Crippen molar-refractivity contribution >= 4 is 10.0 Å². The van der Waals surface area contributed by atoms with Crippen molar-refractivity contribution in [2.24, 2.45) is 5.73 Å². The molecule has 0 bridgehead atoms. The van der Waals surface area contributed by atoms with Crippen molar-refractivity contribution in [2.45, 2.75) is 31.8 Å². The lowest BCUT2D eigenvalue weighted by Crippen LogP contribution is -2.48. The maximum absolute atomic E-state index is 11.3. The maximum Gasteiger partial charge on any atom is 0.211 e. The highest BCUT2D eigenvalue weighted by Gasteiger charge is 2.24. The van der Waals surface area contributed by atoms with Crippen molar-refractivity contribution in [2.75, 3.05) is 25.9 Å². The number of rotatable bonds is 4. The van der Waals surface area contributed by atoms with Crippen molar-refractivity contribution < 1.29 is 8.42 Å². The van der Waals surface area contributed by atoms with E-state index in [-0.39, 0.29) is 0 Å². The Morgan fingerprint density at radius 3 is 2.40 bits per heavy atom. The standard InChI is InChI=1S/C9H21N3O2S/c1-8(7-10)11-9-3-5-12(6-4-9)15(2,13)14/h8-9,11H,3-7,10H2,1-2H3. The number of nitrogens with zero attached hydrogens (tertiary/aromatic N) is 1. The molecule has 90 valence electrons.